The van der Waals surface area contributed by atoms with E-state index < -0.39 is 11.9 Å². The summed E-state index contributed by atoms with van der Waals surface area (Å²) in [5.74, 6) is -1.99. The number of carbonyl (C=O) groups is 4. The Morgan fingerprint density at radius 2 is 1.65 bits per heavy atom. The van der Waals surface area contributed by atoms with E-state index in [9.17, 15) is 19.2 Å². The third-order valence-electron chi connectivity index (χ3n) is 6.78. The number of amides is 3. The maximum atomic E-state index is 12.9. The quantitative estimate of drug-likeness (QED) is 0.287. The summed E-state index contributed by atoms with van der Waals surface area (Å²) >= 11 is 5.91. The summed E-state index contributed by atoms with van der Waals surface area (Å²) in [6.07, 6.45) is 4.58. The number of allylic oxidation sites excluding steroid dienone is 2. The van der Waals surface area contributed by atoms with Crippen molar-refractivity contribution in [2.24, 2.45) is 23.7 Å². The van der Waals surface area contributed by atoms with Gasteiger partial charge in [-0.1, -0.05) is 30.7 Å². The maximum absolute atomic E-state index is 12.9. The van der Waals surface area contributed by atoms with Crippen LogP contribution in [0.4, 0.5) is 11.4 Å². The van der Waals surface area contributed by atoms with Gasteiger partial charge < -0.3 is 9.64 Å². The van der Waals surface area contributed by atoms with Crippen LogP contribution in [0.25, 0.3) is 0 Å². The molecule has 2 fully saturated rings. The predicted octanol–water partition coefficient (Wildman–Crippen LogP) is 4.00. The fourth-order valence-corrected chi connectivity index (χ4v) is 5.13. The van der Waals surface area contributed by atoms with Crippen LogP contribution in [0, 0.1) is 23.7 Å². The Hall–Kier alpha value is -3.45. The van der Waals surface area contributed by atoms with Crippen molar-refractivity contribution in [1.82, 2.24) is 0 Å². The number of carbonyl (C=O) groups excluding carboxylic acids is 4. The van der Waals surface area contributed by atoms with E-state index in [4.69, 9.17) is 16.3 Å². The van der Waals surface area contributed by atoms with Gasteiger partial charge in [0.15, 0.2) is 0 Å². The van der Waals surface area contributed by atoms with Crippen molar-refractivity contribution in [2.45, 2.75) is 19.8 Å². The highest BCUT2D eigenvalue weighted by molar-refractivity contribution is 6.30. The van der Waals surface area contributed by atoms with Gasteiger partial charge in [-0.05, 0) is 60.9 Å². The molecule has 2 aromatic carbocycles. The van der Waals surface area contributed by atoms with Crippen LogP contribution in [0.3, 0.4) is 0 Å². The SMILES string of the molecule is C[C@@H]1C=CC[C@@H]2C(=O)N(c3ccc(OC(=O)[C@@H]4CC(=O)N(c5ccc(Cl)cc5)C4)cc3)C(=O)[C@H]12. The van der Waals surface area contributed by atoms with Gasteiger partial charge in [-0.2, -0.15) is 0 Å². The van der Waals surface area contributed by atoms with Crippen LogP contribution in [-0.4, -0.2) is 30.2 Å². The van der Waals surface area contributed by atoms with Crippen molar-refractivity contribution < 1.29 is 23.9 Å². The zero-order valence-electron chi connectivity index (χ0n) is 18.5. The second-order valence-corrected chi connectivity index (χ2v) is 9.40. The number of ether oxygens (including phenoxy) is 1. The van der Waals surface area contributed by atoms with Crippen LogP contribution in [0.15, 0.2) is 60.7 Å². The van der Waals surface area contributed by atoms with Gasteiger partial charge in [0.1, 0.15) is 5.75 Å². The highest BCUT2D eigenvalue weighted by Gasteiger charge is 2.50. The first-order valence-corrected chi connectivity index (χ1v) is 11.6. The lowest BCUT2D eigenvalue weighted by molar-refractivity contribution is -0.139. The average molecular weight is 479 g/mol. The summed E-state index contributed by atoms with van der Waals surface area (Å²) in [5, 5.41) is 0.567. The number of fused-ring (bicyclic) bond motifs is 1. The summed E-state index contributed by atoms with van der Waals surface area (Å²) in [6.45, 7) is 2.18. The van der Waals surface area contributed by atoms with Crippen molar-refractivity contribution in [3.05, 3.63) is 65.7 Å². The largest absolute Gasteiger partial charge is 0.426 e. The lowest BCUT2D eigenvalue weighted by Crippen LogP contribution is -2.31. The molecule has 34 heavy (non-hydrogen) atoms. The third-order valence-corrected chi connectivity index (χ3v) is 7.03. The van der Waals surface area contributed by atoms with Gasteiger partial charge in [0, 0.05) is 23.7 Å². The molecule has 0 spiro atoms. The van der Waals surface area contributed by atoms with Crippen molar-refractivity contribution >= 4 is 46.7 Å². The molecule has 5 rings (SSSR count). The van der Waals surface area contributed by atoms with Gasteiger partial charge in [-0.15, -0.1) is 0 Å². The number of hydrogen-bond acceptors (Lipinski definition) is 5. The Balaban J connectivity index is 1.25. The topological polar surface area (TPSA) is 84.0 Å². The lowest BCUT2D eigenvalue weighted by atomic mass is 9.78. The number of hydrogen-bond donors (Lipinski definition) is 0. The Kier molecular flexibility index (Phi) is 5.73. The van der Waals surface area contributed by atoms with Gasteiger partial charge in [0.05, 0.1) is 23.4 Å². The second-order valence-electron chi connectivity index (χ2n) is 8.96. The van der Waals surface area contributed by atoms with E-state index in [0.717, 1.165) is 0 Å². The van der Waals surface area contributed by atoms with Crippen LogP contribution >= 0.6 is 11.6 Å². The average Bonchev–Trinajstić information content (AvgIpc) is 3.33. The zero-order valence-corrected chi connectivity index (χ0v) is 19.3. The normalized spacial score (nSPS) is 26.2. The highest BCUT2D eigenvalue weighted by Crippen LogP contribution is 2.40. The molecule has 8 heteroatoms. The summed E-state index contributed by atoms with van der Waals surface area (Å²) in [6, 6.07) is 13.2. The van der Waals surface area contributed by atoms with E-state index in [2.05, 4.69) is 0 Å². The lowest BCUT2D eigenvalue weighted by Gasteiger charge is -2.22. The molecule has 3 amide bonds. The molecule has 0 N–H and O–H groups in total. The second kappa shape index (κ2) is 8.72. The standard InChI is InChI=1S/C26H23ClN2O5/c1-15-3-2-4-21-23(15)25(32)29(24(21)31)19-9-11-20(12-10-19)34-26(33)16-13-22(30)28(14-16)18-7-5-17(27)6-8-18/h2-3,5-12,15-16,21,23H,4,13-14H2,1H3/t15-,16-,21+,23-/m1/s1. The van der Waals surface area contributed by atoms with Crippen molar-refractivity contribution in [3.8, 4) is 5.75 Å². The third kappa shape index (κ3) is 3.90. The van der Waals surface area contributed by atoms with Crippen LogP contribution in [0.5, 0.6) is 5.75 Å². The number of anilines is 2. The molecule has 3 aliphatic rings. The number of imide groups is 1. The van der Waals surface area contributed by atoms with Gasteiger partial charge in [-0.3, -0.25) is 24.1 Å². The fourth-order valence-electron chi connectivity index (χ4n) is 5.00. The minimum absolute atomic E-state index is 0.0157. The van der Waals surface area contributed by atoms with Crippen molar-refractivity contribution in [1.29, 1.82) is 0 Å². The smallest absolute Gasteiger partial charge is 0.316 e. The summed E-state index contributed by atoms with van der Waals surface area (Å²) in [7, 11) is 0. The molecule has 0 unspecified atom stereocenters. The summed E-state index contributed by atoms with van der Waals surface area (Å²) < 4.78 is 5.50. The number of nitrogens with zero attached hydrogens (tertiary/aromatic N) is 2. The van der Waals surface area contributed by atoms with Gasteiger partial charge in [0.25, 0.3) is 0 Å². The molecule has 2 aliphatic heterocycles. The molecule has 2 heterocycles. The van der Waals surface area contributed by atoms with Crippen molar-refractivity contribution in [3.63, 3.8) is 0 Å². The Labute approximate surface area is 201 Å². The first-order chi connectivity index (χ1) is 16.3. The van der Waals surface area contributed by atoms with E-state index in [-0.39, 0.29) is 54.2 Å². The van der Waals surface area contributed by atoms with Crippen LogP contribution in [0.2, 0.25) is 5.02 Å². The van der Waals surface area contributed by atoms with Gasteiger partial charge >= 0.3 is 5.97 Å². The van der Waals surface area contributed by atoms with E-state index >= 15 is 0 Å². The minimum Gasteiger partial charge on any atom is -0.426 e. The van der Waals surface area contributed by atoms with E-state index in [1.807, 2.05) is 19.1 Å². The van der Waals surface area contributed by atoms with Gasteiger partial charge in [0.2, 0.25) is 17.7 Å². The van der Waals surface area contributed by atoms with Crippen LogP contribution in [0.1, 0.15) is 19.8 Å². The molecule has 0 bridgehead atoms. The monoisotopic (exact) mass is 478 g/mol. The van der Waals surface area contributed by atoms with Gasteiger partial charge in [-0.25, -0.2) is 0 Å². The molecule has 1 aliphatic carbocycles. The number of rotatable bonds is 4. The predicted molar refractivity (Wildman–Crippen MR) is 126 cm³/mol. The molecular weight excluding hydrogens is 456 g/mol. The number of benzene rings is 2. The molecule has 174 valence electrons. The molecule has 7 nitrogen and oxygen atoms in total. The number of halogens is 1. The van der Waals surface area contributed by atoms with E-state index in [1.54, 1.807) is 53.4 Å². The molecule has 2 aromatic rings. The Morgan fingerprint density at radius 1 is 0.971 bits per heavy atom. The molecule has 0 aromatic heterocycles. The molecule has 0 radical (unpaired) electrons. The van der Waals surface area contributed by atoms with Crippen molar-refractivity contribution in [2.75, 3.05) is 16.3 Å². The Morgan fingerprint density at radius 3 is 2.32 bits per heavy atom. The van der Waals surface area contributed by atoms with E-state index in [1.165, 1.54) is 4.90 Å². The number of esters is 1. The molecule has 0 saturated carbocycles. The maximum Gasteiger partial charge on any atom is 0.316 e. The zero-order chi connectivity index (χ0) is 24.0. The molecule has 4 atom stereocenters. The Bertz CT molecular complexity index is 1190. The van der Waals surface area contributed by atoms with E-state index in [0.29, 0.717) is 22.8 Å². The first-order valence-electron chi connectivity index (χ1n) is 11.3. The summed E-state index contributed by atoms with van der Waals surface area (Å²) in [5.41, 5.74) is 1.14. The summed E-state index contributed by atoms with van der Waals surface area (Å²) in [4.78, 5) is 53.7. The molecular formula is C26H23ClN2O5. The van der Waals surface area contributed by atoms with Crippen LogP contribution in [-0.2, 0) is 19.2 Å². The molecule has 2 saturated heterocycles. The van der Waals surface area contributed by atoms with Crippen LogP contribution < -0.4 is 14.5 Å². The first kappa shape index (κ1) is 22.3. The highest BCUT2D eigenvalue weighted by atomic mass is 35.5. The fraction of sp³-hybridized carbons (Fsp3) is 0.308. The minimum atomic E-state index is -0.596.